The predicted octanol–water partition coefficient (Wildman–Crippen LogP) is 3.47. The smallest absolute Gasteiger partial charge is 0.224 e. The van der Waals surface area contributed by atoms with Crippen LogP contribution in [-0.4, -0.2) is 55.0 Å². The van der Waals surface area contributed by atoms with Gasteiger partial charge in [-0.15, -0.1) is 0 Å². The van der Waals surface area contributed by atoms with Gasteiger partial charge < -0.3 is 14.8 Å². The highest BCUT2D eigenvalue weighted by Crippen LogP contribution is 2.33. The third-order valence-electron chi connectivity index (χ3n) is 5.02. The van der Waals surface area contributed by atoms with Gasteiger partial charge in [0.25, 0.3) is 0 Å². The van der Waals surface area contributed by atoms with Crippen LogP contribution in [0, 0.1) is 0 Å². The summed E-state index contributed by atoms with van der Waals surface area (Å²) >= 11 is 0. The number of fused-ring (bicyclic) bond motifs is 1. The maximum absolute atomic E-state index is 12.0. The number of pyridine rings is 1. The van der Waals surface area contributed by atoms with E-state index in [0.717, 1.165) is 12.8 Å². The topological polar surface area (TPSA) is 103 Å². The summed E-state index contributed by atoms with van der Waals surface area (Å²) in [5, 5.41) is 3.90. The molecule has 31 heavy (non-hydrogen) atoms. The minimum Gasteiger partial charge on any atom is -0.474 e. The normalized spacial score (nSPS) is 15.4. The van der Waals surface area contributed by atoms with Gasteiger partial charge in [0.1, 0.15) is 6.10 Å². The Morgan fingerprint density at radius 3 is 2.65 bits per heavy atom. The van der Waals surface area contributed by atoms with Gasteiger partial charge in [0.05, 0.1) is 29.0 Å². The summed E-state index contributed by atoms with van der Waals surface area (Å²) in [6.07, 6.45) is 6.21. The van der Waals surface area contributed by atoms with Gasteiger partial charge in [0, 0.05) is 43.1 Å². The van der Waals surface area contributed by atoms with Gasteiger partial charge in [-0.1, -0.05) is 12.1 Å². The van der Waals surface area contributed by atoms with Crippen LogP contribution in [-0.2, 0) is 14.6 Å². The van der Waals surface area contributed by atoms with E-state index in [0.29, 0.717) is 47.1 Å². The SMILES string of the molecule is CC(C)Nc1ncc2c(OC3CCOCC3)ncc(-c3cccc(S(C)(=O)=O)c3)c2n1. The zero-order valence-electron chi connectivity index (χ0n) is 17.8. The van der Waals surface area contributed by atoms with Crippen molar-refractivity contribution in [2.75, 3.05) is 24.8 Å². The van der Waals surface area contributed by atoms with Crippen molar-refractivity contribution in [3.63, 3.8) is 0 Å². The lowest BCUT2D eigenvalue weighted by molar-refractivity contribution is 0.0244. The van der Waals surface area contributed by atoms with Crippen LogP contribution < -0.4 is 10.1 Å². The molecule has 8 nitrogen and oxygen atoms in total. The zero-order chi connectivity index (χ0) is 22.0. The van der Waals surface area contributed by atoms with Crippen molar-refractivity contribution in [2.24, 2.45) is 0 Å². The third kappa shape index (κ3) is 4.94. The molecule has 0 saturated carbocycles. The van der Waals surface area contributed by atoms with Crippen molar-refractivity contribution in [1.82, 2.24) is 15.0 Å². The maximum Gasteiger partial charge on any atom is 0.224 e. The van der Waals surface area contributed by atoms with Crippen molar-refractivity contribution in [3.05, 3.63) is 36.7 Å². The summed E-state index contributed by atoms with van der Waals surface area (Å²) in [5.41, 5.74) is 2.09. The molecule has 2 aromatic heterocycles. The molecule has 1 aliphatic heterocycles. The van der Waals surface area contributed by atoms with E-state index >= 15 is 0 Å². The van der Waals surface area contributed by atoms with Gasteiger partial charge in [-0.05, 0) is 31.5 Å². The summed E-state index contributed by atoms with van der Waals surface area (Å²) in [6.45, 7) is 5.35. The van der Waals surface area contributed by atoms with Crippen LogP contribution in [0.3, 0.4) is 0 Å². The first-order valence-corrected chi connectivity index (χ1v) is 12.2. The number of rotatable bonds is 6. The number of benzene rings is 1. The molecule has 0 amide bonds. The highest BCUT2D eigenvalue weighted by Gasteiger charge is 2.20. The second-order valence-corrected chi connectivity index (χ2v) is 9.98. The second kappa shape index (κ2) is 8.76. The van der Waals surface area contributed by atoms with Crippen LogP contribution in [0.2, 0.25) is 0 Å². The van der Waals surface area contributed by atoms with Crippen molar-refractivity contribution < 1.29 is 17.9 Å². The number of hydrogen-bond acceptors (Lipinski definition) is 8. The Morgan fingerprint density at radius 1 is 1.16 bits per heavy atom. The van der Waals surface area contributed by atoms with Crippen LogP contribution >= 0.6 is 0 Å². The first kappa shape index (κ1) is 21.5. The van der Waals surface area contributed by atoms with Crippen molar-refractivity contribution in [2.45, 2.75) is 43.7 Å². The average molecular weight is 443 g/mol. The molecule has 0 bridgehead atoms. The molecule has 0 atom stereocenters. The molecule has 1 aromatic carbocycles. The largest absolute Gasteiger partial charge is 0.474 e. The summed E-state index contributed by atoms with van der Waals surface area (Å²) < 4.78 is 35.7. The van der Waals surface area contributed by atoms with E-state index in [1.165, 1.54) is 6.26 Å². The molecule has 164 valence electrons. The Morgan fingerprint density at radius 2 is 1.94 bits per heavy atom. The van der Waals surface area contributed by atoms with E-state index in [9.17, 15) is 8.42 Å². The molecule has 4 rings (SSSR count). The van der Waals surface area contributed by atoms with Gasteiger partial charge in [-0.3, -0.25) is 0 Å². The molecule has 0 radical (unpaired) electrons. The van der Waals surface area contributed by atoms with Gasteiger partial charge in [0.15, 0.2) is 9.84 Å². The number of nitrogens with zero attached hydrogens (tertiary/aromatic N) is 3. The van der Waals surface area contributed by atoms with E-state index in [4.69, 9.17) is 14.5 Å². The highest BCUT2D eigenvalue weighted by atomic mass is 32.2. The number of aromatic nitrogens is 3. The molecule has 0 spiro atoms. The van der Waals surface area contributed by atoms with E-state index in [1.54, 1.807) is 30.6 Å². The average Bonchev–Trinajstić information content (AvgIpc) is 2.73. The lowest BCUT2D eigenvalue weighted by Gasteiger charge is -2.23. The first-order valence-electron chi connectivity index (χ1n) is 10.3. The quantitative estimate of drug-likeness (QED) is 0.619. The Labute approximate surface area is 182 Å². The van der Waals surface area contributed by atoms with Crippen LogP contribution in [0.1, 0.15) is 26.7 Å². The Balaban J connectivity index is 1.83. The molecule has 0 aliphatic carbocycles. The molecule has 3 heterocycles. The van der Waals surface area contributed by atoms with Crippen molar-refractivity contribution >= 4 is 26.7 Å². The van der Waals surface area contributed by atoms with E-state index in [1.807, 2.05) is 19.9 Å². The minimum atomic E-state index is -3.34. The first-order chi connectivity index (χ1) is 14.8. The number of hydrogen-bond donors (Lipinski definition) is 1. The summed E-state index contributed by atoms with van der Waals surface area (Å²) in [6, 6.07) is 6.95. The monoisotopic (exact) mass is 442 g/mol. The van der Waals surface area contributed by atoms with E-state index in [2.05, 4.69) is 15.3 Å². The molecular weight excluding hydrogens is 416 g/mol. The number of anilines is 1. The molecular formula is C22H26N4O4S. The summed E-state index contributed by atoms with van der Waals surface area (Å²) in [5.74, 6) is 0.965. The van der Waals surface area contributed by atoms with Crippen LogP contribution in [0.25, 0.3) is 22.0 Å². The molecule has 3 aromatic rings. The molecule has 1 N–H and O–H groups in total. The minimum absolute atomic E-state index is 0.0253. The third-order valence-corrected chi connectivity index (χ3v) is 6.13. The van der Waals surface area contributed by atoms with Gasteiger partial charge in [0.2, 0.25) is 11.8 Å². The molecule has 9 heteroatoms. The van der Waals surface area contributed by atoms with Crippen molar-refractivity contribution in [3.8, 4) is 17.0 Å². The predicted molar refractivity (Wildman–Crippen MR) is 119 cm³/mol. The highest BCUT2D eigenvalue weighted by molar-refractivity contribution is 7.90. The van der Waals surface area contributed by atoms with E-state index in [-0.39, 0.29) is 17.0 Å². The van der Waals surface area contributed by atoms with Gasteiger partial charge in [-0.25, -0.2) is 23.4 Å². The molecule has 1 aliphatic rings. The Kier molecular flexibility index (Phi) is 6.06. The summed E-state index contributed by atoms with van der Waals surface area (Å²) in [4.78, 5) is 13.9. The maximum atomic E-state index is 12.0. The molecule has 0 unspecified atom stereocenters. The molecule has 1 fully saturated rings. The van der Waals surface area contributed by atoms with Crippen LogP contribution in [0.4, 0.5) is 5.95 Å². The Hall–Kier alpha value is -2.78. The number of sulfone groups is 1. The zero-order valence-corrected chi connectivity index (χ0v) is 18.6. The fourth-order valence-corrected chi connectivity index (χ4v) is 4.14. The van der Waals surface area contributed by atoms with E-state index < -0.39 is 9.84 Å². The summed E-state index contributed by atoms with van der Waals surface area (Å²) in [7, 11) is -3.34. The van der Waals surface area contributed by atoms with Crippen LogP contribution in [0.15, 0.2) is 41.6 Å². The van der Waals surface area contributed by atoms with Crippen molar-refractivity contribution in [1.29, 1.82) is 0 Å². The molecule has 1 saturated heterocycles. The lowest BCUT2D eigenvalue weighted by atomic mass is 10.1. The second-order valence-electron chi connectivity index (χ2n) is 7.96. The van der Waals surface area contributed by atoms with Crippen LogP contribution in [0.5, 0.6) is 5.88 Å². The van der Waals surface area contributed by atoms with Gasteiger partial charge in [-0.2, -0.15) is 0 Å². The Bertz CT molecular complexity index is 1190. The fraction of sp³-hybridized carbons (Fsp3) is 0.409. The number of ether oxygens (including phenoxy) is 2. The van der Waals surface area contributed by atoms with Gasteiger partial charge >= 0.3 is 0 Å². The standard InChI is InChI=1S/C22H26N4O4S/c1-14(2)25-22-24-13-19-20(26-22)18(15-5-4-6-17(11-15)31(3,27)28)12-23-21(19)30-16-7-9-29-10-8-16/h4-6,11-14,16H,7-10H2,1-3H3,(H,24,25,26). The lowest BCUT2D eigenvalue weighted by Crippen LogP contribution is -2.26. The fourth-order valence-electron chi connectivity index (χ4n) is 3.48. The number of nitrogens with one attached hydrogen (secondary N) is 1.